The van der Waals surface area contributed by atoms with Crippen molar-refractivity contribution in [2.45, 2.75) is 44.9 Å². The molecule has 3 heteroatoms. The van der Waals surface area contributed by atoms with Crippen molar-refractivity contribution in [1.82, 2.24) is 4.90 Å². The fraction of sp³-hybridized carbons (Fsp3) is 0.917. The molecule has 0 bridgehead atoms. The van der Waals surface area contributed by atoms with Gasteiger partial charge >= 0.3 is 0 Å². The van der Waals surface area contributed by atoms with Gasteiger partial charge in [0.05, 0.1) is 0 Å². The zero-order chi connectivity index (χ0) is 10.7. The molecule has 2 fully saturated rings. The van der Waals surface area contributed by atoms with Crippen LogP contribution in [-0.2, 0) is 4.79 Å². The van der Waals surface area contributed by atoms with Crippen molar-refractivity contribution in [3.63, 3.8) is 0 Å². The number of rotatable bonds is 3. The first-order chi connectivity index (χ1) is 7.20. The van der Waals surface area contributed by atoms with E-state index in [0.29, 0.717) is 11.8 Å². The Morgan fingerprint density at radius 3 is 2.27 bits per heavy atom. The lowest BCUT2D eigenvalue weighted by molar-refractivity contribution is -0.118. The SMILES string of the molecule is NC(=O)CCN1CCC2(CCCC2)CC1. The van der Waals surface area contributed by atoms with E-state index < -0.39 is 0 Å². The number of primary amides is 1. The number of nitrogens with two attached hydrogens (primary N) is 1. The van der Waals surface area contributed by atoms with Crippen molar-refractivity contribution in [1.29, 1.82) is 0 Å². The summed E-state index contributed by atoms with van der Waals surface area (Å²) in [4.78, 5) is 13.1. The monoisotopic (exact) mass is 210 g/mol. The van der Waals surface area contributed by atoms with Crippen molar-refractivity contribution >= 4 is 5.91 Å². The maximum absolute atomic E-state index is 10.7. The number of carbonyl (C=O) groups excluding carboxylic acids is 1. The van der Waals surface area contributed by atoms with Crippen molar-refractivity contribution < 1.29 is 4.79 Å². The number of hydrogen-bond acceptors (Lipinski definition) is 2. The van der Waals surface area contributed by atoms with Gasteiger partial charge in [-0.3, -0.25) is 4.79 Å². The zero-order valence-corrected chi connectivity index (χ0v) is 9.50. The minimum absolute atomic E-state index is 0.170. The van der Waals surface area contributed by atoms with Gasteiger partial charge in [-0.05, 0) is 44.2 Å². The molecule has 0 atom stereocenters. The van der Waals surface area contributed by atoms with Gasteiger partial charge in [-0.1, -0.05) is 12.8 Å². The molecular formula is C12H22N2O. The van der Waals surface area contributed by atoms with E-state index in [1.54, 1.807) is 0 Å². The van der Waals surface area contributed by atoms with E-state index in [2.05, 4.69) is 4.90 Å². The fourth-order valence-corrected chi connectivity index (χ4v) is 3.14. The van der Waals surface area contributed by atoms with Gasteiger partial charge in [-0.15, -0.1) is 0 Å². The van der Waals surface area contributed by atoms with Crippen molar-refractivity contribution in [3.05, 3.63) is 0 Å². The van der Waals surface area contributed by atoms with Crippen LogP contribution in [0.5, 0.6) is 0 Å². The van der Waals surface area contributed by atoms with Gasteiger partial charge < -0.3 is 10.6 Å². The molecule has 1 saturated heterocycles. The minimum atomic E-state index is -0.170. The van der Waals surface area contributed by atoms with Crippen LogP contribution in [0.3, 0.4) is 0 Å². The molecule has 86 valence electrons. The van der Waals surface area contributed by atoms with Crippen LogP contribution in [0.4, 0.5) is 0 Å². The van der Waals surface area contributed by atoms with E-state index in [9.17, 15) is 4.79 Å². The van der Waals surface area contributed by atoms with Crippen LogP contribution in [0.1, 0.15) is 44.9 Å². The summed E-state index contributed by atoms with van der Waals surface area (Å²) >= 11 is 0. The van der Waals surface area contributed by atoms with Crippen LogP contribution in [-0.4, -0.2) is 30.4 Å². The molecule has 1 aliphatic heterocycles. The lowest BCUT2D eigenvalue weighted by Gasteiger charge is -2.39. The molecule has 1 spiro atoms. The lowest BCUT2D eigenvalue weighted by atomic mass is 9.77. The Hall–Kier alpha value is -0.570. The fourth-order valence-electron chi connectivity index (χ4n) is 3.14. The van der Waals surface area contributed by atoms with E-state index >= 15 is 0 Å². The molecular weight excluding hydrogens is 188 g/mol. The standard InChI is InChI=1S/C12H22N2O/c13-11(15)3-8-14-9-6-12(7-10-14)4-1-2-5-12/h1-10H2,(H2,13,15). The third-order valence-electron chi connectivity index (χ3n) is 4.26. The molecule has 1 amide bonds. The predicted molar refractivity (Wildman–Crippen MR) is 60.4 cm³/mol. The average molecular weight is 210 g/mol. The van der Waals surface area contributed by atoms with Crippen molar-refractivity contribution in [3.8, 4) is 0 Å². The number of likely N-dealkylation sites (tertiary alicyclic amines) is 1. The van der Waals surface area contributed by atoms with E-state index in [1.807, 2.05) is 0 Å². The molecule has 0 radical (unpaired) electrons. The van der Waals surface area contributed by atoms with Gasteiger partial charge in [0.25, 0.3) is 0 Å². The highest BCUT2D eigenvalue weighted by molar-refractivity contribution is 5.73. The summed E-state index contributed by atoms with van der Waals surface area (Å²) < 4.78 is 0. The highest BCUT2D eigenvalue weighted by Crippen LogP contribution is 2.45. The molecule has 0 aromatic heterocycles. The molecule has 0 aromatic carbocycles. The molecule has 15 heavy (non-hydrogen) atoms. The van der Waals surface area contributed by atoms with E-state index in [1.165, 1.54) is 51.6 Å². The smallest absolute Gasteiger partial charge is 0.218 e. The van der Waals surface area contributed by atoms with Crippen LogP contribution in [0, 0.1) is 5.41 Å². The summed E-state index contributed by atoms with van der Waals surface area (Å²) in [5.74, 6) is -0.170. The van der Waals surface area contributed by atoms with Crippen molar-refractivity contribution in [2.24, 2.45) is 11.1 Å². The van der Waals surface area contributed by atoms with E-state index in [0.717, 1.165) is 6.54 Å². The molecule has 2 N–H and O–H groups in total. The van der Waals surface area contributed by atoms with Gasteiger partial charge in [0.15, 0.2) is 0 Å². The Balaban J connectivity index is 1.74. The molecule has 1 heterocycles. The second-order valence-corrected chi connectivity index (χ2v) is 5.27. The van der Waals surface area contributed by atoms with Gasteiger partial charge in [0.1, 0.15) is 0 Å². The number of carbonyl (C=O) groups is 1. The van der Waals surface area contributed by atoms with E-state index in [4.69, 9.17) is 5.73 Å². The molecule has 3 nitrogen and oxygen atoms in total. The second kappa shape index (κ2) is 4.52. The van der Waals surface area contributed by atoms with Crippen LogP contribution in [0.2, 0.25) is 0 Å². The van der Waals surface area contributed by atoms with Crippen LogP contribution in [0.25, 0.3) is 0 Å². The predicted octanol–water partition coefficient (Wildman–Crippen LogP) is 1.52. The molecule has 1 aliphatic carbocycles. The molecule has 0 unspecified atom stereocenters. The van der Waals surface area contributed by atoms with Crippen molar-refractivity contribution in [2.75, 3.05) is 19.6 Å². The lowest BCUT2D eigenvalue weighted by Crippen LogP contribution is -2.40. The normalized spacial score (nSPS) is 25.9. The average Bonchev–Trinajstić information content (AvgIpc) is 2.66. The molecule has 2 aliphatic rings. The highest BCUT2D eigenvalue weighted by atomic mass is 16.1. The Morgan fingerprint density at radius 1 is 1.13 bits per heavy atom. The number of hydrogen-bond donors (Lipinski definition) is 1. The van der Waals surface area contributed by atoms with Gasteiger partial charge in [-0.2, -0.15) is 0 Å². The molecule has 0 aromatic rings. The Bertz CT molecular complexity index is 224. The quantitative estimate of drug-likeness (QED) is 0.767. The van der Waals surface area contributed by atoms with Gasteiger partial charge in [0.2, 0.25) is 5.91 Å². The summed E-state index contributed by atoms with van der Waals surface area (Å²) in [6, 6.07) is 0. The third-order valence-corrected chi connectivity index (χ3v) is 4.26. The third kappa shape index (κ3) is 2.71. The largest absolute Gasteiger partial charge is 0.370 e. The summed E-state index contributed by atoms with van der Waals surface area (Å²) in [5, 5.41) is 0. The van der Waals surface area contributed by atoms with Gasteiger partial charge in [-0.25, -0.2) is 0 Å². The Labute approximate surface area is 92.0 Å². The van der Waals surface area contributed by atoms with E-state index in [-0.39, 0.29) is 5.91 Å². The first-order valence-electron chi connectivity index (χ1n) is 6.21. The Kier molecular flexibility index (Phi) is 3.29. The maximum Gasteiger partial charge on any atom is 0.218 e. The van der Waals surface area contributed by atoms with Crippen LogP contribution in [0.15, 0.2) is 0 Å². The minimum Gasteiger partial charge on any atom is -0.370 e. The molecule has 1 saturated carbocycles. The summed E-state index contributed by atoms with van der Waals surface area (Å²) in [5.41, 5.74) is 5.84. The summed E-state index contributed by atoms with van der Waals surface area (Å²) in [6.07, 6.45) is 8.94. The second-order valence-electron chi connectivity index (χ2n) is 5.27. The van der Waals surface area contributed by atoms with Crippen LogP contribution >= 0.6 is 0 Å². The number of piperidine rings is 1. The number of nitrogens with zero attached hydrogens (tertiary/aromatic N) is 1. The summed E-state index contributed by atoms with van der Waals surface area (Å²) in [7, 11) is 0. The van der Waals surface area contributed by atoms with Gasteiger partial charge in [0, 0.05) is 13.0 Å². The first kappa shape index (κ1) is 10.9. The maximum atomic E-state index is 10.7. The molecule has 2 rings (SSSR count). The first-order valence-corrected chi connectivity index (χ1v) is 6.21. The topological polar surface area (TPSA) is 46.3 Å². The number of amides is 1. The van der Waals surface area contributed by atoms with Crippen LogP contribution < -0.4 is 5.73 Å². The zero-order valence-electron chi connectivity index (χ0n) is 9.50. The highest BCUT2D eigenvalue weighted by Gasteiger charge is 2.36. The Morgan fingerprint density at radius 2 is 1.73 bits per heavy atom. The summed E-state index contributed by atoms with van der Waals surface area (Å²) in [6.45, 7) is 3.21.